The van der Waals surface area contributed by atoms with Gasteiger partial charge in [0, 0.05) is 19.5 Å². The fourth-order valence-electron chi connectivity index (χ4n) is 0.948. The van der Waals surface area contributed by atoms with Crippen molar-refractivity contribution >= 4 is 0 Å². The zero-order chi connectivity index (χ0) is 9.68. The van der Waals surface area contributed by atoms with Gasteiger partial charge in [0.1, 0.15) is 0 Å². The van der Waals surface area contributed by atoms with Crippen molar-refractivity contribution in [3.05, 3.63) is 11.7 Å². The summed E-state index contributed by atoms with van der Waals surface area (Å²) >= 11 is 0. The minimum Gasteiger partial charge on any atom is -0.392 e. The summed E-state index contributed by atoms with van der Waals surface area (Å²) in [5.41, 5.74) is 0. The van der Waals surface area contributed by atoms with Crippen molar-refractivity contribution < 1.29 is 9.63 Å². The SMILES string of the molecule is Cc1noc(CCNCC(C)O)n1. The van der Waals surface area contributed by atoms with Crippen LogP contribution in [0.5, 0.6) is 0 Å². The van der Waals surface area contributed by atoms with Gasteiger partial charge in [0.15, 0.2) is 5.82 Å². The Kier molecular flexibility index (Phi) is 3.85. The van der Waals surface area contributed by atoms with E-state index in [-0.39, 0.29) is 6.10 Å². The summed E-state index contributed by atoms with van der Waals surface area (Å²) in [5.74, 6) is 1.29. The first-order valence-electron chi connectivity index (χ1n) is 4.36. The Morgan fingerprint density at radius 3 is 2.92 bits per heavy atom. The molecule has 0 saturated carbocycles. The smallest absolute Gasteiger partial charge is 0.227 e. The summed E-state index contributed by atoms with van der Waals surface area (Å²) in [6, 6.07) is 0. The maximum absolute atomic E-state index is 8.94. The lowest BCUT2D eigenvalue weighted by Crippen LogP contribution is -2.26. The molecule has 0 amide bonds. The summed E-state index contributed by atoms with van der Waals surface area (Å²) in [6.07, 6.45) is 0.387. The Hall–Kier alpha value is -0.940. The van der Waals surface area contributed by atoms with Crippen molar-refractivity contribution in [2.75, 3.05) is 13.1 Å². The van der Waals surface area contributed by atoms with Gasteiger partial charge in [0.2, 0.25) is 5.89 Å². The van der Waals surface area contributed by atoms with Crippen molar-refractivity contribution in [2.45, 2.75) is 26.4 Å². The van der Waals surface area contributed by atoms with Gasteiger partial charge in [-0.2, -0.15) is 4.98 Å². The first-order chi connectivity index (χ1) is 6.18. The van der Waals surface area contributed by atoms with Crippen LogP contribution in [-0.4, -0.2) is 34.4 Å². The van der Waals surface area contributed by atoms with Crippen LogP contribution < -0.4 is 5.32 Å². The van der Waals surface area contributed by atoms with E-state index in [4.69, 9.17) is 9.63 Å². The Bertz CT molecular complexity index is 247. The van der Waals surface area contributed by atoms with Crippen LogP contribution in [0.4, 0.5) is 0 Å². The summed E-state index contributed by atoms with van der Waals surface area (Å²) < 4.78 is 4.91. The maximum Gasteiger partial charge on any atom is 0.227 e. The average molecular weight is 185 g/mol. The fourth-order valence-corrected chi connectivity index (χ4v) is 0.948. The molecule has 0 saturated heterocycles. The molecule has 0 fully saturated rings. The molecule has 1 atom stereocenters. The third-order valence-electron chi connectivity index (χ3n) is 1.53. The fraction of sp³-hybridized carbons (Fsp3) is 0.750. The normalized spacial score (nSPS) is 13.2. The molecule has 0 aromatic carbocycles. The number of nitrogens with zero attached hydrogens (tertiary/aromatic N) is 2. The van der Waals surface area contributed by atoms with Gasteiger partial charge in [-0.3, -0.25) is 0 Å². The van der Waals surface area contributed by atoms with E-state index in [1.807, 2.05) is 0 Å². The van der Waals surface area contributed by atoms with E-state index in [1.54, 1.807) is 13.8 Å². The molecule has 74 valence electrons. The van der Waals surface area contributed by atoms with Crippen molar-refractivity contribution in [2.24, 2.45) is 0 Å². The Morgan fingerprint density at radius 1 is 1.62 bits per heavy atom. The monoisotopic (exact) mass is 185 g/mol. The molecule has 1 heterocycles. The molecule has 1 aromatic heterocycles. The number of aliphatic hydroxyl groups excluding tert-OH is 1. The van der Waals surface area contributed by atoms with E-state index < -0.39 is 0 Å². The van der Waals surface area contributed by atoms with Crippen LogP contribution in [0.3, 0.4) is 0 Å². The zero-order valence-electron chi connectivity index (χ0n) is 7.95. The number of hydrogen-bond acceptors (Lipinski definition) is 5. The highest BCUT2D eigenvalue weighted by atomic mass is 16.5. The molecule has 5 heteroatoms. The average Bonchev–Trinajstić information content (AvgIpc) is 2.45. The molecule has 0 aliphatic heterocycles. The lowest BCUT2D eigenvalue weighted by molar-refractivity contribution is 0.191. The van der Waals surface area contributed by atoms with Gasteiger partial charge in [0.25, 0.3) is 0 Å². The van der Waals surface area contributed by atoms with Gasteiger partial charge >= 0.3 is 0 Å². The molecule has 0 bridgehead atoms. The Morgan fingerprint density at radius 2 is 2.38 bits per heavy atom. The number of aryl methyl sites for hydroxylation is 1. The topological polar surface area (TPSA) is 71.2 Å². The second-order valence-electron chi connectivity index (χ2n) is 3.04. The van der Waals surface area contributed by atoms with Gasteiger partial charge < -0.3 is 14.9 Å². The third kappa shape index (κ3) is 4.00. The highest BCUT2D eigenvalue weighted by molar-refractivity contribution is 4.83. The molecule has 1 rings (SSSR count). The van der Waals surface area contributed by atoms with Gasteiger partial charge in [-0.1, -0.05) is 5.16 Å². The van der Waals surface area contributed by atoms with Gasteiger partial charge in [-0.05, 0) is 13.8 Å². The number of aliphatic hydroxyl groups is 1. The second-order valence-corrected chi connectivity index (χ2v) is 3.04. The summed E-state index contributed by atoms with van der Waals surface area (Å²) in [5, 5.41) is 15.7. The molecule has 1 aromatic rings. The van der Waals surface area contributed by atoms with E-state index in [1.165, 1.54) is 0 Å². The molecule has 13 heavy (non-hydrogen) atoms. The first-order valence-corrected chi connectivity index (χ1v) is 4.36. The van der Waals surface area contributed by atoms with E-state index in [0.717, 1.165) is 6.54 Å². The minimum atomic E-state index is -0.315. The molecule has 0 aliphatic rings. The van der Waals surface area contributed by atoms with E-state index in [0.29, 0.717) is 24.7 Å². The molecule has 5 nitrogen and oxygen atoms in total. The second kappa shape index (κ2) is 4.94. The minimum absolute atomic E-state index is 0.315. The van der Waals surface area contributed by atoms with Gasteiger partial charge in [-0.15, -0.1) is 0 Å². The molecule has 1 unspecified atom stereocenters. The van der Waals surface area contributed by atoms with Crippen LogP contribution in [0.1, 0.15) is 18.6 Å². The molecule has 0 aliphatic carbocycles. The molecule has 2 N–H and O–H groups in total. The number of rotatable bonds is 5. The van der Waals surface area contributed by atoms with Crippen LogP contribution >= 0.6 is 0 Å². The van der Waals surface area contributed by atoms with E-state index in [2.05, 4.69) is 15.5 Å². The van der Waals surface area contributed by atoms with Crippen LogP contribution in [0.2, 0.25) is 0 Å². The quantitative estimate of drug-likeness (QED) is 0.626. The van der Waals surface area contributed by atoms with Crippen molar-refractivity contribution in [3.63, 3.8) is 0 Å². The lowest BCUT2D eigenvalue weighted by Gasteiger charge is -2.04. The highest BCUT2D eigenvalue weighted by Crippen LogP contribution is 1.95. The van der Waals surface area contributed by atoms with E-state index >= 15 is 0 Å². The van der Waals surface area contributed by atoms with Gasteiger partial charge in [-0.25, -0.2) is 0 Å². The first kappa shape index (κ1) is 10.1. The molecular formula is C8H15N3O2. The summed E-state index contributed by atoms with van der Waals surface area (Å²) in [7, 11) is 0. The maximum atomic E-state index is 8.94. The third-order valence-corrected chi connectivity index (χ3v) is 1.53. The molecule has 0 radical (unpaired) electrons. The largest absolute Gasteiger partial charge is 0.392 e. The Labute approximate surface area is 77.2 Å². The lowest BCUT2D eigenvalue weighted by atomic mass is 10.3. The van der Waals surface area contributed by atoms with Gasteiger partial charge in [0.05, 0.1) is 6.10 Å². The van der Waals surface area contributed by atoms with Crippen molar-refractivity contribution in [3.8, 4) is 0 Å². The zero-order valence-corrected chi connectivity index (χ0v) is 7.95. The summed E-state index contributed by atoms with van der Waals surface area (Å²) in [4.78, 5) is 4.05. The highest BCUT2D eigenvalue weighted by Gasteiger charge is 2.01. The predicted molar refractivity (Wildman–Crippen MR) is 47.3 cm³/mol. The standard InChI is InChI=1S/C8H15N3O2/c1-6(12)5-9-4-3-8-10-7(2)11-13-8/h6,9,12H,3-5H2,1-2H3. The van der Waals surface area contributed by atoms with Crippen molar-refractivity contribution in [1.82, 2.24) is 15.5 Å². The van der Waals surface area contributed by atoms with Crippen LogP contribution in [0.25, 0.3) is 0 Å². The van der Waals surface area contributed by atoms with Crippen LogP contribution in [0.15, 0.2) is 4.52 Å². The van der Waals surface area contributed by atoms with Crippen LogP contribution in [-0.2, 0) is 6.42 Å². The number of aromatic nitrogens is 2. The number of hydrogen-bond donors (Lipinski definition) is 2. The van der Waals surface area contributed by atoms with Crippen LogP contribution in [0, 0.1) is 6.92 Å². The van der Waals surface area contributed by atoms with E-state index in [9.17, 15) is 0 Å². The predicted octanol–water partition coefficient (Wildman–Crippen LogP) is -0.109. The number of nitrogens with one attached hydrogen (secondary N) is 1. The summed E-state index contributed by atoms with van der Waals surface area (Å²) in [6.45, 7) is 4.86. The molecular weight excluding hydrogens is 170 g/mol. The Balaban J connectivity index is 2.13. The van der Waals surface area contributed by atoms with Crippen molar-refractivity contribution in [1.29, 1.82) is 0 Å². The molecule has 0 spiro atoms.